The Morgan fingerprint density at radius 3 is 2.34 bits per heavy atom. The zero-order valence-electron chi connectivity index (χ0n) is 18.2. The van der Waals surface area contributed by atoms with Crippen molar-refractivity contribution in [1.29, 1.82) is 0 Å². The third kappa shape index (κ3) is 4.44. The highest BCUT2D eigenvalue weighted by atomic mass is 16.3. The van der Waals surface area contributed by atoms with Gasteiger partial charge in [-0.05, 0) is 25.3 Å². The molecule has 1 aliphatic rings. The number of aromatic amines is 1. The molecule has 1 aromatic heterocycles. The van der Waals surface area contributed by atoms with Gasteiger partial charge in [-0.15, -0.1) is 0 Å². The number of benzene rings is 2. The number of rotatable bonds is 6. The van der Waals surface area contributed by atoms with E-state index in [4.69, 9.17) is 0 Å². The Labute approximate surface area is 186 Å². The van der Waals surface area contributed by atoms with Crippen LogP contribution in [-0.4, -0.2) is 20.4 Å². The molecule has 0 saturated heterocycles. The molecule has 0 bridgehead atoms. The second-order valence-electron chi connectivity index (χ2n) is 8.61. The van der Waals surface area contributed by atoms with Gasteiger partial charge in [0.25, 0.3) is 5.56 Å². The molecule has 0 aliphatic heterocycles. The average Bonchev–Trinajstić information content (AvgIpc) is 2.80. The number of nitrogens with one attached hydrogen (secondary N) is 1. The van der Waals surface area contributed by atoms with E-state index in [9.17, 15) is 19.5 Å². The summed E-state index contributed by atoms with van der Waals surface area (Å²) < 4.78 is 1.32. The number of nitrogens with zero attached hydrogens (tertiary/aromatic N) is 1. The number of ketones is 1. The Morgan fingerprint density at radius 2 is 1.69 bits per heavy atom. The minimum atomic E-state index is -0.678. The van der Waals surface area contributed by atoms with E-state index in [0.717, 1.165) is 43.2 Å². The molecular weight excluding hydrogens is 404 g/mol. The van der Waals surface area contributed by atoms with Crippen LogP contribution in [0.4, 0.5) is 0 Å². The summed E-state index contributed by atoms with van der Waals surface area (Å²) in [5, 5.41) is 11.2. The molecule has 0 spiro atoms. The third-order valence-electron chi connectivity index (χ3n) is 6.41. The highest BCUT2D eigenvalue weighted by molar-refractivity contribution is 5.96. The van der Waals surface area contributed by atoms with Gasteiger partial charge in [-0.2, -0.15) is 0 Å². The van der Waals surface area contributed by atoms with Crippen LogP contribution >= 0.6 is 0 Å². The first kappa shape index (κ1) is 21.8. The highest BCUT2D eigenvalue weighted by Crippen LogP contribution is 2.35. The second kappa shape index (κ2) is 9.39. The predicted octanol–water partition coefficient (Wildman–Crippen LogP) is 4.46. The van der Waals surface area contributed by atoms with Crippen molar-refractivity contribution in [1.82, 2.24) is 9.55 Å². The Bertz CT molecular complexity index is 1200. The molecule has 4 rings (SSSR count). The molecule has 32 heavy (non-hydrogen) atoms. The number of aromatic hydroxyl groups is 1. The maximum Gasteiger partial charge on any atom is 0.331 e. The molecule has 2 N–H and O–H groups in total. The standard InChI is InChI=1S/C26H28N2O4/c1-17-12-14-18(15-13-17)21(16-22(29)19-8-4-2-5-9-19)23-24(30)27-26(32)28(25(23)31)20-10-6-3-7-11-20/h2,4-5,8-9,12-15,20-21,31H,3,6-7,10-11,16H2,1H3,(H,27,30,32). The molecule has 6 nitrogen and oxygen atoms in total. The monoisotopic (exact) mass is 432 g/mol. The van der Waals surface area contributed by atoms with Crippen molar-refractivity contribution in [2.45, 2.75) is 57.4 Å². The fourth-order valence-corrected chi connectivity index (χ4v) is 4.66. The van der Waals surface area contributed by atoms with Crippen molar-refractivity contribution in [3.63, 3.8) is 0 Å². The zero-order chi connectivity index (χ0) is 22.7. The average molecular weight is 433 g/mol. The summed E-state index contributed by atoms with van der Waals surface area (Å²) in [4.78, 5) is 41.1. The molecular formula is C26H28N2O4. The Kier molecular flexibility index (Phi) is 6.40. The molecule has 1 heterocycles. The molecule has 0 radical (unpaired) electrons. The third-order valence-corrected chi connectivity index (χ3v) is 6.41. The van der Waals surface area contributed by atoms with Gasteiger partial charge in [0.05, 0.1) is 5.56 Å². The number of carbonyl (C=O) groups is 1. The van der Waals surface area contributed by atoms with Crippen LogP contribution < -0.4 is 11.2 Å². The number of aryl methyl sites for hydroxylation is 1. The first-order valence-electron chi connectivity index (χ1n) is 11.2. The fourth-order valence-electron chi connectivity index (χ4n) is 4.66. The van der Waals surface area contributed by atoms with Gasteiger partial charge >= 0.3 is 5.69 Å². The number of H-pyrrole nitrogens is 1. The van der Waals surface area contributed by atoms with Gasteiger partial charge in [0.15, 0.2) is 5.78 Å². The van der Waals surface area contributed by atoms with Crippen LogP contribution in [0.3, 0.4) is 0 Å². The SMILES string of the molecule is Cc1ccc(C(CC(=O)c2ccccc2)c2c(O)n(C3CCCCC3)c(=O)[nH]c2=O)cc1. The number of aromatic nitrogens is 2. The summed E-state index contributed by atoms with van der Waals surface area (Å²) in [5.41, 5.74) is 1.16. The van der Waals surface area contributed by atoms with Crippen LogP contribution in [0.2, 0.25) is 0 Å². The van der Waals surface area contributed by atoms with Gasteiger partial charge in [0.2, 0.25) is 5.88 Å². The van der Waals surface area contributed by atoms with Crippen LogP contribution in [0, 0.1) is 6.92 Å². The first-order chi connectivity index (χ1) is 15.5. The van der Waals surface area contributed by atoms with E-state index in [0.29, 0.717) is 5.56 Å². The summed E-state index contributed by atoms with van der Waals surface area (Å²) in [6, 6.07) is 16.3. The topological polar surface area (TPSA) is 92.2 Å². The number of Topliss-reactive ketones (excluding diaryl/α,β-unsaturated/α-hetero) is 1. The molecule has 1 aliphatic carbocycles. The Morgan fingerprint density at radius 1 is 1.03 bits per heavy atom. The van der Waals surface area contributed by atoms with E-state index >= 15 is 0 Å². The molecule has 1 saturated carbocycles. The van der Waals surface area contributed by atoms with Crippen LogP contribution in [0.5, 0.6) is 5.88 Å². The lowest BCUT2D eigenvalue weighted by molar-refractivity contribution is 0.0977. The molecule has 1 fully saturated rings. The van der Waals surface area contributed by atoms with E-state index in [2.05, 4.69) is 4.98 Å². The number of carbonyl (C=O) groups excluding carboxylic acids is 1. The van der Waals surface area contributed by atoms with E-state index < -0.39 is 17.2 Å². The lowest BCUT2D eigenvalue weighted by Crippen LogP contribution is -2.36. The maximum atomic E-state index is 13.1. The van der Waals surface area contributed by atoms with Gasteiger partial charge < -0.3 is 5.11 Å². The van der Waals surface area contributed by atoms with Gasteiger partial charge in [0.1, 0.15) is 0 Å². The summed E-state index contributed by atoms with van der Waals surface area (Å²) >= 11 is 0. The minimum absolute atomic E-state index is 0.00653. The van der Waals surface area contributed by atoms with Gasteiger partial charge in [-0.3, -0.25) is 19.1 Å². The Balaban J connectivity index is 1.83. The largest absolute Gasteiger partial charge is 0.494 e. The summed E-state index contributed by atoms with van der Waals surface area (Å²) in [6.45, 7) is 1.96. The zero-order valence-corrected chi connectivity index (χ0v) is 18.2. The molecule has 2 aromatic carbocycles. The smallest absolute Gasteiger partial charge is 0.331 e. The minimum Gasteiger partial charge on any atom is -0.494 e. The van der Waals surface area contributed by atoms with Gasteiger partial charge in [0, 0.05) is 23.9 Å². The fraction of sp³-hybridized carbons (Fsp3) is 0.346. The van der Waals surface area contributed by atoms with Crippen LogP contribution in [0.1, 0.15) is 77.5 Å². The lowest BCUT2D eigenvalue weighted by Gasteiger charge is -2.26. The quantitative estimate of drug-likeness (QED) is 0.563. The van der Waals surface area contributed by atoms with Crippen molar-refractivity contribution < 1.29 is 9.90 Å². The number of hydrogen-bond donors (Lipinski definition) is 2. The summed E-state index contributed by atoms with van der Waals surface area (Å²) in [5.74, 6) is -1.13. The normalized spacial score (nSPS) is 15.4. The van der Waals surface area contributed by atoms with Crippen molar-refractivity contribution in [2.24, 2.45) is 0 Å². The van der Waals surface area contributed by atoms with Crippen LogP contribution in [-0.2, 0) is 0 Å². The second-order valence-corrected chi connectivity index (χ2v) is 8.61. The van der Waals surface area contributed by atoms with Crippen LogP contribution in [0.15, 0.2) is 64.2 Å². The summed E-state index contributed by atoms with van der Waals surface area (Å²) in [6.07, 6.45) is 4.60. The van der Waals surface area contributed by atoms with E-state index in [1.54, 1.807) is 24.3 Å². The van der Waals surface area contributed by atoms with Gasteiger partial charge in [-0.25, -0.2) is 4.79 Å². The maximum absolute atomic E-state index is 13.1. The molecule has 1 atom stereocenters. The van der Waals surface area contributed by atoms with Crippen molar-refractivity contribution >= 4 is 5.78 Å². The van der Waals surface area contributed by atoms with Crippen molar-refractivity contribution in [3.05, 3.63) is 97.7 Å². The molecule has 3 aromatic rings. The number of hydrogen-bond acceptors (Lipinski definition) is 4. The van der Waals surface area contributed by atoms with Crippen molar-refractivity contribution in [2.75, 3.05) is 0 Å². The van der Waals surface area contributed by atoms with Gasteiger partial charge in [-0.1, -0.05) is 79.4 Å². The molecule has 6 heteroatoms. The Hall–Kier alpha value is -3.41. The molecule has 1 unspecified atom stereocenters. The predicted molar refractivity (Wildman–Crippen MR) is 124 cm³/mol. The lowest BCUT2D eigenvalue weighted by atomic mass is 9.86. The highest BCUT2D eigenvalue weighted by Gasteiger charge is 2.29. The van der Waals surface area contributed by atoms with E-state index in [1.165, 1.54) is 4.57 Å². The summed E-state index contributed by atoms with van der Waals surface area (Å²) in [7, 11) is 0. The van der Waals surface area contributed by atoms with E-state index in [-0.39, 0.29) is 29.7 Å². The first-order valence-corrected chi connectivity index (χ1v) is 11.2. The van der Waals surface area contributed by atoms with E-state index in [1.807, 2.05) is 37.3 Å². The van der Waals surface area contributed by atoms with Crippen molar-refractivity contribution in [3.8, 4) is 5.88 Å². The van der Waals surface area contributed by atoms with Crippen LogP contribution in [0.25, 0.3) is 0 Å². The molecule has 0 amide bonds. The molecule has 166 valence electrons.